The summed E-state index contributed by atoms with van der Waals surface area (Å²) in [6.07, 6.45) is 2.60. The predicted molar refractivity (Wildman–Crippen MR) is 49.6 cm³/mol. The van der Waals surface area contributed by atoms with E-state index in [1.54, 1.807) is 6.26 Å². The minimum atomic E-state index is 0.764. The molecule has 3 heterocycles. The van der Waals surface area contributed by atoms with Crippen LogP contribution in [0.1, 0.15) is 11.3 Å². The standard InChI is InChI=1S/C10H10N2O2/c1-2-9(13-5-1)10-7-3-4-11-6-8(7)12-14-10/h1-2,5,11H,3-4,6H2. The van der Waals surface area contributed by atoms with Crippen molar-refractivity contribution in [2.45, 2.75) is 13.0 Å². The number of rotatable bonds is 1. The molecule has 1 aliphatic rings. The minimum Gasteiger partial charge on any atom is -0.461 e. The highest BCUT2D eigenvalue weighted by Gasteiger charge is 2.21. The van der Waals surface area contributed by atoms with E-state index in [-0.39, 0.29) is 0 Å². The number of furan rings is 1. The third kappa shape index (κ3) is 1.08. The molecule has 0 amide bonds. The van der Waals surface area contributed by atoms with Crippen LogP contribution < -0.4 is 5.32 Å². The molecule has 0 fully saturated rings. The second-order valence-corrected chi connectivity index (χ2v) is 3.34. The summed E-state index contributed by atoms with van der Waals surface area (Å²) in [6.45, 7) is 1.77. The van der Waals surface area contributed by atoms with Gasteiger partial charge in [0.1, 0.15) is 5.69 Å². The summed E-state index contributed by atoms with van der Waals surface area (Å²) in [7, 11) is 0. The van der Waals surface area contributed by atoms with Crippen molar-refractivity contribution >= 4 is 0 Å². The van der Waals surface area contributed by atoms with E-state index >= 15 is 0 Å². The number of fused-ring (bicyclic) bond motifs is 1. The third-order valence-corrected chi connectivity index (χ3v) is 2.46. The highest BCUT2D eigenvalue weighted by atomic mass is 16.5. The van der Waals surface area contributed by atoms with Gasteiger partial charge in [-0.15, -0.1) is 0 Å². The lowest BCUT2D eigenvalue weighted by atomic mass is 10.1. The van der Waals surface area contributed by atoms with E-state index in [9.17, 15) is 0 Å². The average Bonchev–Trinajstić information content (AvgIpc) is 2.85. The van der Waals surface area contributed by atoms with E-state index in [2.05, 4.69) is 10.5 Å². The smallest absolute Gasteiger partial charge is 0.205 e. The van der Waals surface area contributed by atoms with E-state index in [4.69, 9.17) is 8.94 Å². The molecule has 0 spiro atoms. The molecular formula is C10H10N2O2. The molecule has 72 valence electrons. The van der Waals surface area contributed by atoms with Crippen molar-refractivity contribution in [2.75, 3.05) is 6.54 Å². The first-order valence-corrected chi connectivity index (χ1v) is 4.67. The summed E-state index contributed by atoms with van der Waals surface area (Å²) in [6, 6.07) is 3.74. The number of nitrogens with one attached hydrogen (secondary N) is 1. The fourth-order valence-corrected chi connectivity index (χ4v) is 1.76. The SMILES string of the molecule is c1coc(-c2onc3c2CCNC3)c1. The lowest BCUT2D eigenvalue weighted by Crippen LogP contribution is -2.23. The van der Waals surface area contributed by atoms with Gasteiger partial charge in [-0.25, -0.2) is 0 Å². The van der Waals surface area contributed by atoms with Gasteiger partial charge in [-0.3, -0.25) is 0 Å². The van der Waals surface area contributed by atoms with E-state index in [1.165, 1.54) is 5.56 Å². The first kappa shape index (κ1) is 7.82. The Morgan fingerprint density at radius 2 is 2.43 bits per heavy atom. The van der Waals surface area contributed by atoms with Gasteiger partial charge in [0.25, 0.3) is 0 Å². The van der Waals surface area contributed by atoms with E-state index in [0.717, 1.165) is 36.7 Å². The van der Waals surface area contributed by atoms with Crippen LogP contribution in [0.5, 0.6) is 0 Å². The quantitative estimate of drug-likeness (QED) is 0.741. The normalized spacial score (nSPS) is 15.4. The van der Waals surface area contributed by atoms with Gasteiger partial charge in [0.15, 0.2) is 5.76 Å². The fourth-order valence-electron chi connectivity index (χ4n) is 1.76. The molecule has 0 unspecified atom stereocenters. The van der Waals surface area contributed by atoms with Gasteiger partial charge in [-0.2, -0.15) is 0 Å². The monoisotopic (exact) mass is 190 g/mol. The van der Waals surface area contributed by atoms with Crippen molar-refractivity contribution in [3.05, 3.63) is 29.7 Å². The molecular weight excluding hydrogens is 180 g/mol. The van der Waals surface area contributed by atoms with Crippen LogP contribution in [0.25, 0.3) is 11.5 Å². The van der Waals surface area contributed by atoms with Crippen LogP contribution in [0.3, 0.4) is 0 Å². The molecule has 0 saturated heterocycles. The number of hydrogen-bond donors (Lipinski definition) is 1. The van der Waals surface area contributed by atoms with Gasteiger partial charge in [0.2, 0.25) is 5.76 Å². The molecule has 0 aromatic carbocycles. The first-order chi connectivity index (χ1) is 6.95. The second kappa shape index (κ2) is 2.99. The zero-order valence-electron chi connectivity index (χ0n) is 7.62. The zero-order valence-corrected chi connectivity index (χ0v) is 7.62. The molecule has 0 aliphatic carbocycles. The molecule has 0 bridgehead atoms. The van der Waals surface area contributed by atoms with E-state index in [0.29, 0.717) is 0 Å². The molecule has 4 nitrogen and oxygen atoms in total. The largest absolute Gasteiger partial charge is 0.461 e. The van der Waals surface area contributed by atoms with Crippen molar-refractivity contribution in [3.8, 4) is 11.5 Å². The number of hydrogen-bond acceptors (Lipinski definition) is 4. The maximum atomic E-state index is 5.29. The lowest BCUT2D eigenvalue weighted by Gasteiger charge is -2.09. The van der Waals surface area contributed by atoms with Gasteiger partial charge in [0.05, 0.1) is 6.26 Å². The summed E-state index contributed by atoms with van der Waals surface area (Å²) in [5, 5.41) is 7.26. The topological polar surface area (TPSA) is 51.2 Å². The summed E-state index contributed by atoms with van der Waals surface area (Å²) in [5.74, 6) is 1.55. The Kier molecular flexibility index (Phi) is 1.67. The van der Waals surface area contributed by atoms with Crippen molar-refractivity contribution < 1.29 is 8.94 Å². The molecule has 3 rings (SSSR count). The van der Waals surface area contributed by atoms with Crippen LogP contribution in [0.4, 0.5) is 0 Å². The fraction of sp³-hybridized carbons (Fsp3) is 0.300. The van der Waals surface area contributed by atoms with Gasteiger partial charge in [0, 0.05) is 12.1 Å². The Bertz CT molecular complexity index is 431. The third-order valence-electron chi connectivity index (χ3n) is 2.46. The molecule has 2 aromatic heterocycles. The molecule has 2 aromatic rings. The molecule has 4 heteroatoms. The van der Waals surface area contributed by atoms with Crippen LogP contribution in [-0.4, -0.2) is 11.7 Å². The Balaban J connectivity index is 2.11. The van der Waals surface area contributed by atoms with Crippen LogP contribution in [0.15, 0.2) is 27.3 Å². The number of nitrogens with zero attached hydrogens (tertiary/aromatic N) is 1. The maximum Gasteiger partial charge on any atom is 0.205 e. The van der Waals surface area contributed by atoms with Crippen molar-refractivity contribution in [1.82, 2.24) is 10.5 Å². The highest BCUT2D eigenvalue weighted by Crippen LogP contribution is 2.28. The van der Waals surface area contributed by atoms with Gasteiger partial charge < -0.3 is 14.3 Å². The molecule has 0 atom stereocenters. The van der Waals surface area contributed by atoms with Crippen LogP contribution in [0, 0.1) is 0 Å². The van der Waals surface area contributed by atoms with Crippen LogP contribution >= 0.6 is 0 Å². The molecule has 14 heavy (non-hydrogen) atoms. The van der Waals surface area contributed by atoms with Gasteiger partial charge in [-0.1, -0.05) is 5.16 Å². The van der Waals surface area contributed by atoms with E-state index < -0.39 is 0 Å². The summed E-state index contributed by atoms with van der Waals surface area (Å²) in [4.78, 5) is 0. The maximum absolute atomic E-state index is 5.29. The Morgan fingerprint density at radius 3 is 3.29 bits per heavy atom. The molecule has 1 aliphatic heterocycles. The second-order valence-electron chi connectivity index (χ2n) is 3.34. The summed E-state index contributed by atoms with van der Waals surface area (Å²) in [5.41, 5.74) is 2.18. The summed E-state index contributed by atoms with van der Waals surface area (Å²) < 4.78 is 10.6. The lowest BCUT2D eigenvalue weighted by molar-refractivity contribution is 0.409. The van der Waals surface area contributed by atoms with E-state index in [1.807, 2.05) is 12.1 Å². The van der Waals surface area contributed by atoms with Crippen LogP contribution in [-0.2, 0) is 13.0 Å². The van der Waals surface area contributed by atoms with Gasteiger partial charge >= 0.3 is 0 Å². The van der Waals surface area contributed by atoms with Gasteiger partial charge in [-0.05, 0) is 25.1 Å². The Hall–Kier alpha value is -1.55. The molecule has 0 radical (unpaired) electrons. The highest BCUT2D eigenvalue weighted by molar-refractivity contribution is 5.56. The number of aromatic nitrogens is 1. The van der Waals surface area contributed by atoms with Crippen molar-refractivity contribution in [2.24, 2.45) is 0 Å². The predicted octanol–water partition coefficient (Wildman–Crippen LogP) is 1.58. The van der Waals surface area contributed by atoms with Crippen molar-refractivity contribution in [1.29, 1.82) is 0 Å². The Morgan fingerprint density at radius 1 is 1.43 bits per heavy atom. The molecule has 1 N–H and O–H groups in total. The first-order valence-electron chi connectivity index (χ1n) is 4.67. The van der Waals surface area contributed by atoms with Crippen molar-refractivity contribution in [3.63, 3.8) is 0 Å². The minimum absolute atomic E-state index is 0.764. The van der Waals surface area contributed by atoms with Crippen LogP contribution in [0.2, 0.25) is 0 Å². The summed E-state index contributed by atoms with van der Waals surface area (Å²) >= 11 is 0. The zero-order chi connectivity index (χ0) is 9.38. The Labute approximate surface area is 80.9 Å². The average molecular weight is 190 g/mol. The molecule has 0 saturated carbocycles.